The van der Waals surface area contributed by atoms with Gasteiger partial charge in [-0.3, -0.25) is 37.7 Å². The first kappa shape index (κ1) is 31.4. The third-order valence-corrected chi connectivity index (χ3v) is 8.38. The van der Waals surface area contributed by atoms with Crippen molar-refractivity contribution in [3.63, 3.8) is 0 Å². The van der Waals surface area contributed by atoms with Crippen LogP contribution < -0.4 is 22.6 Å². The van der Waals surface area contributed by atoms with Crippen molar-refractivity contribution >= 4 is 49.9 Å². The van der Waals surface area contributed by atoms with Crippen molar-refractivity contribution in [2.45, 2.75) is 55.6 Å². The summed E-state index contributed by atoms with van der Waals surface area (Å²) >= 11 is 0. The first-order valence-corrected chi connectivity index (χ1v) is 16.0. The number of fused-ring (bicyclic) bond motifs is 2. The molecule has 0 amide bonds. The summed E-state index contributed by atoms with van der Waals surface area (Å²) < 4.78 is 48.4. The van der Waals surface area contributed by atoms with Crippen molar-refractivity contribution < 1.29 is 52.3 Å². The summed E-state index contributed by atoms with van der Waals surface area (Å²) in [5.41, 5.74) is 7.69. The zero-order valence-electron chi connectivity index (χ0n) is 22.6. The van der Waals surface area contributed by atoms with Crippen LogP contribution in [0.1, 0.15) is 31.7 Å². The highest BCUT2D eigenvalue weighted by Gasteiger charge is 2.56. The number of aliphatic hydroxyl groups excluding tert-OH is 1. The average molecular weight is 676 g/mol. The standard InChI is InChI=1S/C20H26N10O13P2/c21-18-25-14-12(16(32)27-18)23-5-29(14)10-1-7(31)8(41-10)3-20(4-40-44(34,35)36)9(43-45(37,38)39)2-11(42-20)30-6-24-13-15(30)26-19(22)28-17(13)33/h5-11,31H,1-4H2,(H2,34,35,36)(H2,37,38,39)(H3,21,25,27,32)(H3,22,26,28,33). The summed E-state index contributed by atoms with van der Waals surface area (Å²) in [7, 11) is -10.5. The second-order valence-corrected chi connectivity index (χ2v) is 12.8. The van der Waals surface area contributed by atoms with Gasteiger partial charge in [-0.15, -0.1) is 0 Å². The highest BCUT2D eigenvalue weighted by molar-refractivity contribution is 7.46. The molecule has 4 aromatic heterocycles. The molecule has 6 heterocycles. The minimum Gasteiger partial charge on any atom is -0.390 e. The van der Waals surface area contributed by atoms with E-state index < -0.39 is 76.2 Å². The molecule has 11 N–H and O–H groups in total. The Bertz CT molecular complexity index is 1980. The highest BCUT2D eigenvalue weighted by Crippen LogP contribution is 2.52. The summed E-state index contributed by atoms with van der Waals surface area (Å²) in [6.45, 7) is -1.00. The molecule has 0 aromatic carbocycles. The lowest BCUT2D eigenvalue weighted by Gasteiger charge is -2.36. The van der Waals surface area contributed by atoms with E-state index in [0.717, 1.165) is 6.33 Å². The average Bonchev–Trinajstić information content (AvgIpc) is 3.67. The fraction of sp³-hybridized carbons (Fsp3) is 0.500. The van der Waals surface area contributed by atoms with E-state index in [1.807, 2.05) is 0 Å². The van der Waals surface area contributed by atoms with Gasteiger partial charge in [-0.05, 0) is 0 Å². The first-order valence-electron chi connectivity index (χ1n) is 12.9. The predicted octanol–water partition coefficient (Wildman–Crippen LogP) is -2.30. The SMILES string of the molecule is Nc1nc2c(ncn2C2CC(O)C(CC3(COP(=O)(O)O)OC(n4cnc5c(=O)[nH]c(N)nc54)CC3OP(=O)(O)O)O2)c(=O)[nH]1. The number of H-pyrrole nitrogens is 2. The van der Waals surface area contributed by atoms with Crippen LogP contribution in [-0.4, -0.2) is 94.2 Å². The quantitative estimate of drug-likeness (QED) is 0.0841. The van der Waals surface area contributed by atoms with E-state index in [-0.39, 0.29) is 47.1 Å². The van der Waals surface area contributed by atoms with Gasteiger partial charge in [0.05, 0.1) is 31.5 Å². The zero-order valence-corrected chi connectivity index (χ0v) is 24.4. The van der Waals surface area contributed by atoms with Gasteiger partial charge in [0.25, 0.3) is 11.1 Å². The lowest BCUT2D eigenvalue weighted by Crippen LogP contribution is -2.48. The van der Waals surface area contributed by atoms with Crippen LogP contribution in [0.5, 0.6) is 0 Å². The topological polar surface area (TPSA) is 351 Å². The molecule has 4 aromatic rings. The van der Waals surface area contributed by atoms with Crippen LogP contribution in [0, 0.1) is 0 Å². The van der Waals surface area contributed by atoms with E-state index in [2.05, 4.69) is 29.9 Å². The number of hydrogen-bond acceptors (Lipinski definition) is 15. The van der Waals surface area contributed by atoms with Gasteiger partial charge >= 0.3 is 15.6 Å². The van der Waals surface area contributed by atoms with Crippen LogP contribution in [0.4, 0.5) is 11.9 Å². The maximum Gasteiger partial charge on any atom is 0.469 e. The van der Waals surface area contributed by atoms with E-state index in [9.17, 15) is 43.4 Å². The molecule has 0 saturated carbocycles. The summed E-state index contributed by atoms with van der Waals surface area (Å²) in [6, 6.07) is 0. The first-order chi connectivity index (χ1) is 21.0. The second-order valence-electron chi connectivity index (χ2n) is 10.4. The normalized spacial score (nSPS) is 27.6. The predicted molar refractivity (Wildman–Crippen MR) is 147 cm³/mol. The molecule has 0 aliphatic carbocycles. The molecule has 2 saturated heterocycles. The van der Waals surface area contributed by atoms with Crippen LogP contribution in [-0.2, 0) is 27.7 Å². The van der Waals surface area contributed by atoms with E-state index in [0.29, 0.717) is 0 Å². The van der Waals surface area contributed by atoms with Gasteiger partial charge in [0, 0.05) is 19.3 Å². The van der Waals surface area contributed by atoms with E-state index in [1.54, 1.807) is 0 Å². The van der Waals surface area contributed by atoms with Crippen molar-refractivity contribution in [2.75, 3.05) is 18.1 Å². The molecular formula is C20H26N10O13P2. The van der Waals surface area contributed by atoms with Gasteiger partial charge in [-0.1, -0.05) is 0 Å². The summed E-state index contributed by atoms with van der Waals surface area (Å²) in [4.78, 5) is 83.7. The molecule has 6 unspecified atom stereocenters. The molecule has 2 aliphatic heterocycles. The van der Waals surface area contributed by atoms with E-state index in [1.165, 1.54) is 15.5 Å². The summed E-state index contributed by atoms with van der Waals surface area (Å²) in [5, 5.41) is 11.0. The molecule has 6 rings (SSSR count). The number of nitrogens with zero attached hydrogens (tertiary/aromatic N) is 6. The summed E-state index contributed by atoms with van der Waals surface area (Å²) in [6.07, 6.45) is -5.03. The number of aliphatic hydroxyl groups is 1. The van der Waals surface area contributed by atoms with Gasteiger partial charge in [-0.2, -0.15) is 9.97 Å². The minimum atomic E-state index is -5.29. The number of nitrogen functional groups attached to an aromatic ring is 2. The van der Waals surface area contributed by atoms with Crippen molar-refractivity contribution in [3.05, 3.63) is 33.4 Å². The number of nitrogens with two attached hydrogens (primary N) is 2. The molecule has 2 fully saturated rings. The monoisotopic (exact) mass is 676 g/mol. The van der Waals surface area contributed by atoms with Gasteiger partial charge in [0.1, 0.15) is 24.2 Å². The highest BCUT2D eigenvalue weighted by atomic mass is 31.2. The van der Waals surface area contributed by atoms with Crippen molar-refractivity contribution in [2.24, 2.45) is 0 Å². The minimum absolute atomic E-state index is 0.0438. The van der Waals surface area contributed by atoms with Crippen LogP contribution in [0.3, 0.4) is 0 Å². The zero-order chi connectivity index (χ0) is 32.5. The fourth-order valence-corrected chi connectivity index (χ4v) is 6.54. The van der Waals surface area contributed by atoms with Crippen molar-refractivity contribution in [1.29, 1.82) is 0 Å². The molecule has 25 heteroatoms. The molecular weight excluding hydrogens is 650 g/mol. The van der Waals surface area contributed by atoms with Crippen LogP contribution in [0.15, 0.2) is 22.2 Å². The number of imidazole rings is 2. The molecule has 45 heavy (non-hydrogen) atoms. The molecule has 6 atom stereocenters. The number of aromatic amines is 2. The van der Waals surface area contributed by atoms with Gasteiger partial charge in [-0.25, -0.2) is 19.1 Å². The van der Waals surface area contributed by atoms with Gasteiger partial charge in [0.15, 0.2) is 22.3 Å². The number of anilines is 2. The van der Waals surface area contributed by atoms with Crippen molar-refractivity contribution in [3.8, 4) is 0 Å². The molecule has 23 nitrogen and oxygen atoms in total. The lowest BCUT2D eigenvalue weighted by molar-refractivity contribution is -0.154. The number of phosphoric acid groups is 2. The number of ether oxygens (including phenoxy) is 2. The van der Waals surface area contributed by atoms with Crippen LogP contribution >= 0.6 is 15.6 Å². The molecule has 0 radical (unpaired) electrons. The molecule has 0 spiro atoms. The largest absolute Gasteiger partial charge is 0.469 e. The number of rotatable bonds is 9. The number of hydrogen-bond donors (Lipinski definition) is 9. The van der Waals surface area contributed by atoms with Crippen LogP contribution in [0.2, 0.25) is 0 Å². The Balaban J connectivity index is 1.37. The van der Waals surface area contributed by atoms with E-state index >= 15 is 0 Å². The number of nitrogens with one attached hydrogen (secondary N) is 2. The Morgan fingerprint density at radius 2 is 1.49 bits per heavy atom. The smallest absolute Gasteiger partial charge is 0.390 e. The van der Waals surface area contributed by atoms with Crippen LogP contribution in [0.25, 0.3) is 22.3 Å². The third-order valence-electron chi connectivity index (χ3n) is 7.39. The van der Waals surface area contributed by atoms with Gasteiger partial charge in [0.2, 0.25) is 11.9 Å². The molecule has 2 aliphatic rings. The maximum absolute atomic E-state index is 12.3. The third kappa shape index (κ3) is 6.15. The van der Waals surface area contributed by atoms with Crippen molar-refractivity contribution in [1.82, 2.24) is 39.0 Å². The Morgan fingerprint density at radius 3 is 2.02 bits per heavy atom. The lowest BCUT2D eigenvalue weighted by atomic mass is 9.89. The van der Waals surface area contributed by atoms with Gasteiger partial charge < -0.3 is 45.6 Å². The number of aromatic nitrogens is 8. The Hall–Kier alpha value is -3.60. The molecule has 244 valence electrons. The number of phosphoric ester groups is 2. The summed E-state index contributed by atoms with van der Waals surface area (Å²) in [5.74, 6) is -0.476. The Kier molecular flexibility index (Phi) is 7.69. The Morgan fingerprint density at radius 1 is 0.933 bits per heavy atom. The van der Waals surface area contributed by atoms with E-state index in [4.69, 9.17) is 30.0 Å². The second kappa shape index (κ2) is 11.0. The Labute approximate surface area is 248 Å². The fourth-order valence-electron chi connectivity index (χ4n) is 5.54. The maximum atomic E-state index is 12.3. The molecule has 0 bridgehead atoms.